The fourth-order valence-electron chi connectivity index (χ4n) is 1.87. The number of hydrogen-bond donors (Lipinski definition) is 1. The molecule has 0 saturated carbocycles. The molecule has 0 saturated heterocycles. The molecule has 0 bridgehead atoms. The van der Waals surface area contributed by atoms with Crippen LogP contribution in [-0.2, 0) is 6.42 Å². The Balaban J connectivity index is 2.98. The van der Waals surface area contributed by atoms with E-state index in [1.165, 1.54) is 19.2 Å². The molecule has 0 amide bonds. The van der Waals surface area contributed by atoms with Crippen molar-refractivity contribution in [1.29, 1.82) is 0 Å². The van der Waals surface area contributed by atoms with Crippen molar-refractivity contribution >= 4 is 5.69 Å². The monoisotopic (exact) mass is 278 g/mol. The number of halogens is 4. The Morgan fingerprint density at radius 3 is 2.47 bits per heavy atom. The highest BCUT2D eigenvalue weighted by Gasteiger charge is 2.30. The van der Waals surface area contributed by atoms with Gasteiger partial charge in [0.1, 0.15) is 12.4 Å². The maximum atomic E-state index is 13.2. The highest BCUT2D eigenvalue weighted by atomic mass is 19.4. The lowest BCUT2D eigenvalue weighted by molar-refractivity contribution is -0.119. The van der Waals surface area contributed by atoms with Gasteiger partial charge in [0.15, 0.2) is 0 Å². The summed E-state index contributed by atoms with van der Waals surface area (Å²) in [5.41, 5.74) is 6.65. The minimum atomic E-state index is -4.30. The molecule has 1 rings (SSSR count). The molecule has 1 atom stereocenters. The lowest BCUT2D eigenvalue weighted by atomic mass is 10.0. The number of nitrogens with zero attached hydrogens (tertiary/aromatic N) is 1. The standard InChI is InChI=1S/C13H18F4N2/c1-3-11(18)7-9-6-10(14)4-5-12(9)19(2)8-13(15,16)17/h4-6,11H,3,7-8,18H2,1-2H3. The number of benzene rings is 1. The molecule has 0 radical (unpaired) electrons. The number of nitrogens with two attached hydrogens (primary N) is 1. The van der Waals surface area contributed by atoms with Crippen LogP contribution < -0.4 is 10.6 Å². The third-order valence-electron chi connectivity index (χ3n) is 2.88. The molecule has 0 aliphatic heterocycles. The van der Waals surface area contributed by atoms with Crippen LogP contribution in [0.15, 0.2) is 18.2 Å². The van der Waals surface area contributed by atoms with E-state index in [9.17, 15) is 17.6 Å². The van der Waals surface area contributed by atoms with Crippen LogP contribution in [0.2, 0.25) is 0 Å². The van der Waals surface area contributed by atoms with E-state index in [0.717, 1.165) is 11.0 Å². The molecule has 6 heteroatoms. The number of rotatable bonds is 5. The molecule has 0 spiro atoms. The first-order valence-corrected chi connectivity index (χ1v) is 6.05. The summed E-state index contributed by atoms with van der Waals surface area (Å²) in [6.07, 6.45) is -3.27. The second kappa shape index (κ2) is 6.23. The topological polar surface area (TPSA) is 29.3 Å². The smallest absolute Gasteiger partial charge is 0.365 e. The zero-order chi connectivity index (χ0) is 14.6. The van der Waals surface area contributed by atoms with Crippen molar-refractivity contribution in [2.24, 2.45) is 5.73 Å². The van der Waals surface area contributed by atoms with Gasteiger partial charge < -0.3 is 10.6 Å². The van der Waals surface area contributed by atoms with Gasteiger partial charge in [-0.05, 0) is 36.6 Å². The normalized spacial score (nSPS) is 13.4. The maximum Gasteiger partial charge on any atom is 0.405 e. The Kier molecular flexibility index (Phi) is 5.17. The summed E-state index contributed by atoms with van der Waals surface area (Å²) < 4.78 is 50.4. The molecule has 0 aliphatic rings. The molecule has 2 N–H and O–H groups in total. The van der Waals surface area contributed by atoms with Gasteiger partial charge in [0.05, 0.1) is 0 Å². The van der Waals surface area contributed by atoms with Gasteiger partial charge in [-0.2, -0.15) is 13.2 Å². The summed E-state index contributed by atoms with van der Waals surface area (Å²) in [7, 11) is 1.34. The van der Waals surface area contributed by atoms with E-state index in [1.807, 2.05) is 6.92 Å². The molecule has 0 heterocycles. The van der Waals surface area contributed by atoms with Gasteiger partial charge in [-0.1, -0.05) is 6.92 Å². The first-order valence-electron chi connectivity index (χ1n) is 6.05. The summed E-state index contributed by atoms with van der Waals surface area (Å²) in [5, 5.41) is 0. The number of alkyl halides is 3. The van der Waals surface area contributed by atoms with Gasteiger partial charge in [-0.3, -0.25) is 0 Å². The lowest BCUT2D eigenvalue weighted by Crippen LogP contribution is -2.32. The minimum Gasteiger partial charge on any atom is -0.365 e. The van der Waals surface area contributed by atoms with Crippen LogP contribution in [0.4, 0.5) is 23.2 Å². The SMILES string of the molecule is CCC(N)Cc1cc(F)ccc1N(C)CC(F)(F)F. The summed E-state index contributed by atoms with van der Waals surface area (Å²) in [4.78, 5) is 1.07. The zero-order valence-electron chi connectivity index (χ0n) is 11.0. The highest BCUT2D eigenvalue weighted by molar-refractivity contribution is 5.53. The molecule has 1 aromatic carbocycles. The number of hydrogen-bond acceptors (Lipinski definition) is 2. The molecule has 2 nitrogen and oxygen atoms in total. The van der Waals surface area contributed by atoms with Crippen LogP contribution in [-0.4, -0.2) is 25.8 Å². The molecule has 0 aromatic heterocycles. The quantitative estimate of drug-likeness (QED) is 0.839. The molecule has 1 aromatic rings. The average Bonchev–Trinajstić information content (AvgIpc) is 2.26. The van der Waals surface area contributed by atoms with E-state index >= 15 is 0 Å². The zero-order valence-corrected chi connectivity index (χ0v) is 11.0. The molecular weight excluding hydrogens is 260 g/mol. The lowest BCUT2D eigenvalue weighted by Gasteiger charge is -2.24. The Morgan fingerprint density at radius 2 is 1.95 bits per heavy atom. The average molecular weight is 278 g/mol. The minimum absolute atomic E-state index is 0.195. The van der Waals surface area contributed by atoms with E-state index < -0.39 is 18.5 Å². The summed E-state index contributed by atoms with van der Waals surface area (Å²) in [6.45, 7) is 0.802. The summed E-state index contributed by atoms with van der Waals surface area (Å²) >= 11 is 0. The Labute approximate surface area is 110 Å². The first kappa shape index (κ1) is 15.8. The largest absolute Gasteiger partial charge is 0.405 e. The van der Waals surface area contributed by atoms with Crippen molar-refractivity contribution in [3.8, 4) is 0 Å². The molecule has 1 unspecified atom stereocenters. The van der Waals surface area contributed by atoms with Gasteiger partial charge in [0.25, 0.3) is 0 Å². The van der Waals surface area contributed by atoms with Crippen molar-refractivity contribution in [1.82, 2.24) is 0 Å². The van der Waals surface area contributed by atoms with Crippen molar-refractivity contribution in [2.45, 2.75) is 32.0 Å². The van der Waals surface area contributed by atoms with Gasteiger partial charge in [-0.15, -0.1) is 0 Å². The predicted octanol–water partition coefficient (Wildman–Crippen LogP) is 3.10. The van der Waals surface area contributed by atoms with E-state index in [-0.39, 0.29) is 6.04 Å². The Hall–Kier alpha value is -1.30. The van der Waals surface area contributed by atoms with Crippen LogP contribution in [0, 0.1) is 5.82 Å². The fourth-order valence-corrected chi connectivity index (χ4v) is 1.87. The van der Waals surface area contributed by atoms with Crippen LogP contribution in [0.5, 0.6) is 0 Å². The molecule has 0 fully saturated rings. The Morgan fingerprint density at radius 1 is 1.32 bits per heavy atom. The van der Waals surface area contributed by atoms with Gasteiger partial charge >= 0.3 is 6.18 Å². The predicted molar refractivity (Wildman–Crippen MR) is 67.7 cm³/mol. The fraction of sp³-hybridized carbons (Fsp3) is 0.538. The van der Waals surface area contributed by atoms with E-state index in [1.54, 1.807) is 0 Å². The maximum absolute atomic E-state index is 13.2. The third-order valence-corrected chi connectivity index (χ3v) is 2.88. The second-order valence-corrected chi connectivity index (χ2v) is 4.62. The Bertz CT molecular complexity index is 418. The van der Waals surface area contributed by atoms with E-state index in [2.05, 4.69) is 0 Å². The molecule has 0 aliphatic carbocycles. The summed E-state index contributed by atoms with van der Waals surface area (Å²) in [6, 6.07) is 3.57. The van der Waals surface area contributed by atoms with Crippen molar-refractivity contribution in [3.05, 3.63) is 29.6 Å². The van der Waals surface area contributed by atoms with Crippen molar-refractivity contribution < 1.29 is 17.6 Å². The van der Waals surface area contributed by atoms with Gasteiger partial charge in [0, 0.05) is 18.8 Å². The van der Waals surface area contributed by atoms with E-state index in [0.29, 0.717) is 24.1 Å². The van der Waals surface area contributed by atoms with Crippen LogP contribution >= 0.6 is 0 Å². The highest BCUT2D eigenvalue weighted by Crippen LogP contribution is 2.26. The van der Waals surface area contributed by atoms with Crippen molar-refractivity contribution in [2.75, 3.05) is 18.5 Å². The number of anilines is 1. The molecule has 108 valence electrons. The molecule has 19 heavy (non-hydrogen) atoms. The third kappa shape index (κ3) is 5.06. The van der Waals surface area contributed by atoms with Crippen LogP contribution in [0.3, 0.4) is 0 Å². The van der Waals surface area contributed by atoms with E-state index in [4.69, 9.17) is 5.73 Å². The van der Waals surface area contributed by atoms with Gasteiger partial charge in [-0.25, -0.2) is 4.39 Å². The summed E-state index contributed by atoms with van der Waals surface area (Å²) in [5.74, 6) is -0.470. The first-order chi connectivity index (χ1) is 8.73. The van der Waals surface area contributed by atoms with Gasteiger partial charge in [0.2, 0.25) is 0 Å². The van der Waals surface area contributed by atoms with Crippen molar-refractivity contribution in [3.63, 3.8) is 0 Å². The van der Waals surface area contributed by atoms with Crippen LogP contribution in [0.25, 0.3) is 0 Å². The molecular formula is C13H18F4N2. The van der Waals surface area contributed by atoms with Crippen LogP contribution in [0.1, 0.15) is 18.9 Å². The second-order valence-electron chi connectivity index (χ2n) is 4.62.